The molecule has 2 unspecified atom stereocenters. The number of nitrogens with zero attached hydrogens (tertiary/aromatic N) is 3. The van der Waals surface area contributed by atoms with Crippen molar-refractivity contribution in [2.45, 2.75) is 31.8 Å². The zero-order valence-corrected chi connectivity index (χ0v) is 16.5. The minimum atomic E-state index is -0.0881. The molecule has 0 radical (unpaired) electrons. The number of carbonyl (C=O) groups is 1. The molecule has 2 bridgehead atoms. The van der Waals surface area contributed by atoms with Gasteiger partial charge in [0, 0.05) is 60.4 Å². The molecule has 27 heavy (non-hydrogen) atoms. The first-order chi connectivity index (χ1) is 13.2. The van der Waals surface area contributed by atoms with Crippen molar-refractivity contribution < 1.29 is 9.21 Å². The van der Waals surface area contributed by atoms with E-state index in [1.807, 2.05) is 17.8 Å². The van der Waals surface area contributed by atoms with Crippen molar-refractivity contribution in [3.05, 3.63) is 24.0 Å². The Kier molecular flexibility index (Phi) is 4.52. The SMILES string of the molecule is CC1C(NC(=O)c2cc3oc(N4CCSCC4)cc3cn2)C2CCN1CC2. The normalized spacial score (nSPS) is 30.6. The summed E-state index contributed by atoms with van der Waals surface area (Å²) in [5.74, 6) is 3.64. The molecule has 4 aliphatic heterocycles. The lowest BCUT2D eigenvalue weighted by Crippen LogP contribution is -2.62. The Labute approximate surface area is 163 Å². The van der Waals surface area contributed by atoms with Crippen LogP contribution < -0.4 is 10.2 Å². The fourth-order valence-electron chi connectivity index (χ4n) is 4.75. The molecule has 4 saturated heterocycles. The molecule has 1 amide bonds. The largest absolute Gasteiger partial charge is 0.440 e. The first-order valence-electron chi connectivity index (χ1n) is 9.96. The van der Waals surface area contributed by atoms with Crippen LogP contribution in [0.3, 0.4) is 0 Å². The lowest BCUT2D eigenvalue weighted by atomic mass is 9.79. The Hall–Kier alpha value is -1.73. The molecular formula is C20H26N4O2S. The Bertz CT molecular complexity index is 838. The van der Waals surface area contributed by atoms with Gasteiger partial charge in [-0.3, -0.25) is 14.7 Å². The second-order valence-electron chi connectivity index (χ2n) is 7.90. The van der Waals surface area contributed by atoms with Gasteiger partial charge in [-0.05, 0) is 38.8 Å². The number of amides is 1. The van der Waals surface area contributed by atoms with Gasteiger partial charge in [0.1, 0.15) is 11.3 Å². The fourth-order valence-corrected chi connectivity index (χ4v) is 5.66. The van der Waals surface area contributed by atoms with Crippen LogP contribution in [-0.2, 0) is 0 Å². The number of pyridine rings is 1. The van der Waals surface area contributed by atoms with E-state index in [0.29, 0.717) is 17.7 Å². The maximum atomic E-state index is 12.8. The van der Waals surface area contributed by atoms with Gasteiger partial charge in [-0.25, -0.2) is 0 Å². The summed E-state index contributed by atoms with van der Waals surface area (Å²) in [6.45, 7) is 6.55. The highest BCUT2D eigenvalue weighted by atomic mass is 32.2. The lowest BCUT2D eigenvalue weighted by Gasteiger charge is -2.49. The van der Waals surface area contributed by atoms with Crippen LogP contribution in [0, 0.1) is 5.92 Å². The van der Waals surface area contributed by atoms with E-state index in [4.69, 9.17) is 4.42 Å². The number of furan rings is 1. The van der Waals surface area contributed by atoms with Crippen LogP contribution in [0.5, 0.6) is 0 Å². The van der Waals surface area contributed by atoms with E-state index in [-0.39, 0.29) is 11.9 Å². The highest BCUT2D eigenvalue weighted by molar-refractivity contribution is 7.99. The van der Waals surface area contributed by atoms with Gasteiger partial charge in [-0.15, -0.1) is 0 Å². The van der Waals surface area contributed by atoms with Gasteiger partial charge in [0.2, 0.25) is 0 Å². The molecule has 0 aromatic carbocycles. The number of nitrogens with one attached hydrogen (secondary N) is 1. The first-order valence-corrected chi connectivity index (χ1v) is 11.1. The predicted molar refractivity (Wildman–Crippen MR) is 109 cm³/mol. The molecule has 4 fully saturated rings. The molecule has 6 heterocycles. The van der Waals surface area contributed by atoms with E-state index in [0.717, 1.165) is 54.5 Å². The Morgan fingerprint density at radius 2 is 2.00 bits per heavy atom. The lowest BCUT2D eigenvalue weighted by molar-refractivity contribution is 0.0216. The van der Waals surface area contributed by atoms with E-state index < -0.39 is 0 Å². The van der Waals surface area contributed by atoms with E-state index in [1.54, 1.807) is 12.3 Å². The topological polar surface area (TPSA) is 61.6 Å². The summed E-state index contributed by atoms with van der Waals surface area (Å²) >= 11 is 1.98. The standard InChI is InChI=1S/C20H26N4O2S/c1-13-19(14-2-4-23(13)5-3-14)22-20(25)16-11-17-15(12-21-16)10-18(26-17)24-6-8-27-9-7-24/h10-14,19H,2-9H2,1H3,(H,22,25). The molecule has 6 rings (SSSR count). The zero-order chi connectivity index (χ0) is 18.4. The summed E-state index contributed by atoms with van der Waals surface area (Å²) in [7, 11) is 0. The van der Waals surface area contributed by atoms with Gasteiger partial charge < -0.3 is 14.6 Å². The molecule has 2 aromatic heterocycles. The third-order valence-corrected chi connectivity index (χ3v) is 7.36. The zero-order valence-electron chi connectivity index (χ0n) is 15.7. The average Bonchev–Trinajstić information content (AvgIpc) is 3.15. The van der Waals surface area contributed by atoms with Crippen LogP contribution >= 0.6 is 11.8 Å². The summed E-state index contributed by atoms with van der Waals surface area (Å²) in [5.41, 5.74) is 1.19. The molecule has 6 nitrogen and oxygen atoms in total. The predicted octanol–water partition coefficient (Wildman–Crippen LogP) is 2.59. The van der Waals surface area contributed by atoms with Gasteiger partial charge >= 0.3 is 0 Å². The van der Waals surface area contributed by atoms with Gasteiger partial charge in [-0.2, -0.15) is 11.8 Å². The number of rotatable bonds is 3. The number of piperidine rings is 3. The van der Waals surface area contributed by atoms with Crippen molar-refractivity contribution >= 4 is 34.5 Å². The fraction of sp³-hybridized carbons (Fsp3) is 0.600. The number of hydrogen-bond donors (Lipinski definition) is 1. The highest BCUT2D eigenvalue weighted by Gasteiger charge is 2.40. The Balaban J connectivity index is 1.34. The highest BCUT2D eigenvalue weighted by Crippen LogP contribution is 2.32. The van der Waals surface area contributed by atoms with Crippen LogP contribution in [-0.4, -0.2) is 65.6 Å². The van der Waals surface area contributed by atoms with Crippen LogP contribution in [0.15, 0.2) is 22.7 Å². The van der Waals surface area contributed by atoms with Crippen molar-refractivity contribution in [3.8, 4) is 0 Å². The summed E-state index contributed by atoms with van der Waals surface area (Å²) in [4.78, 5) is 22.0. The van der Waals surface area contributed by atoms with E-state index in [1.165, 1.54) is 12.8 Å². The number of thioether (sulfide) groups is 1. The van der Waals surface area contributed by atoms with Crippen molar-refractivity contribution in [3.63, 3.8) is 0 Å². The second kappa shape index (κ2) is 7.02. The van der Waals surface area contributed by atoms with Gasteiger partial charge in [-0.1, -0.05) is 0 Å². The van der Waals surface area contributed by atoms with Crippen molar-refractivity contribution in [2.24, 2.45) is 5.92 Å². The summed E-state index contributed by atoms with van der Waals surface area (Å²) in [5, 5.41) is 4.21. The first kappa shape index (κ1) is 17.4. The number of aromatic nitrogens is 1. The number of fused-ring (bicyclic) bond motifs is 4. The third kappa shape index (κ3) is 3.21. The van der Waals surface area contributed by atoms with E-state index >= 15 is 0 Å². The maximum Gasteiger partial charge on any atom is 0.270 e. The number of hydrogen-bond acceptors (Lipinski definition) is 6. The van der Waals surface area contributed by atoms with Crippen molar-refractivity contribution in [2.75, 3.05) is 42.6 Å². The van der Waals surface area contributed by atoms with Crippen LogP contribution in [0.1, 0.15) is 30.3 Å². The quantitative estimate of drug-likeness (QED) is 0.875. The summed E-state index contributed by atoms with van der Waals surface area (Å²) in [6, 6.07) is 4.45. The minimum absolute atomic E-state index is 0.0881. The maximum absolute atomic E-state index is 12.8. The molecule has 2 aromatic rings. The second-order valence-corrected chi connectivity index (χ2v) is 9.13. The van der Waals surface area contributed by atoms with Crippen LogP contribution in [0.25, 0.3) is 11.0 Å². The minimum Gasteiger partial charge on any atom is -0.440 e. The van der Waals surface area contributed by atoms with Gasteiger partial charge in [0.25, 0.3) is 5.91 Å². The number of carbonyl (C=O) groups excluding carboxylic acids is 1. The molecule has 0 saturated carbocycles. The van der Waals surface area contributed by atoms with Gasteiger partial charge in [0.15, 0.2) is 5.88 Å². The van der Waals surface area contributed by atoms with Crippen LogP contribution in [0.4, 0.5) is 5.88 Å². The van der Waals surface area contributed by atoms with Crippen molar-refractivity contribution in [1.29, 1.82) is 0 Å². The molecule has 4 aliphatic rings. The smallest absolute Gasteiger partial charge is 0.270 e. The monoisotopic (exact) mass is 386 g/mol. The van der Waals surface area contributed by atoms with Gasteiger partial charge in [0.05, 0.1) is 0 Å². The van der Waals surface area contributed by atoms with Crippen LogP contribution in [0.2, 0.25) is 0 Å². The molecular weight excluding hydrogens is 360 g/mol. The van der Waals surface area contributed by atoms with E-state index in [9.17, 15) is 4.79 Å². The molecule has 0 spiro atoms. The molecule has 7 heteroatoms. The molecule has 144 valence electrons. The summed E-state index contributed by atoms with van der Waals surface area (Å²) < 4.78 is 6.05. The average molecular weight is 387 g/mol. The molecule has 2 atom stereocenters. The Morgan fingerprint density at radius 3 is 2.74 bits per heavy atom. The molecule has 0 aliphatic carbocycles. The van der Waals surface area contributed by atoms with Crippen molar-refractivity contribution in [1.82, 2.24) is 15.2 Å². The molecule has 1 N–H and O–H groups in total. The van der Waals surface area contributed by atoms with E-state index in [2.05, 4.69) is 27.0 Å². The number of anilines is 1. The Morgan fingerprint density at radius 1 is 1.22 bits per heavy atom. The third-order valence-electron chi connectivity index (χ3n) is 6.42. The summed E-state index contributed by atoms with van der Waals surface area (Å²) in [6.07, 6.45) is 4.12.